The van der Waals surface area contributed by atoms with E-state index in [1.807, 2.05) is 10.7 Å². The molecule has 0 amide bonds. The molecule has 2 heterocycles. The van der Waals surface area contributed by atoms with Crippen LogP contribution >= 0.6 is 15.9 Å². The number of rotatable bonds is 7. The number of halogens is 1. The second-order valence-corrected chi connectivity index (χ2v) is 7.38. The van der Waals surface area contributed by atoms with Gasteiger partial charge in [-0.2, -0.15) is 0 Å². The van der Waals surface area contributed by atoms with Gasteiger partial charge in [-0.3, -0.25) is 0 Å². The molecule has 2 aliphatic rings. The average molecular weight is 380 g/mol. The average Bonchev–Trinajstić information content (AvgIpc) is 3.06. The van der Waals surface area contributed by atoms with Crippen LogP contribution in [0.3, 0.4) is 0 Å². The van der Waals surface area contributed by atoms with Crippen LogP contribution in [0.15, 0.2) is 16.6 Å². The summed E-state index contributed by atoms with van der Waals surface area (Å²) < 4.78 is 14.5. The smallest absolute Gasteiger partial charge is 0.135 e. The standard InChI is InChI=1S/C17H22BrN3O2/c18-16-15(23-10-2-4-13-3-1-9-22-13)8-7-14-17(16)19-20-21(14)11-12-5-6-12/h7-8,12-13H,1-6,9-11H2/t13-/m0/s1. The van der Waals surface area contributed by atoms with E-state index < -0.39 is 0 Å². The summed E-state index contributed by atoms with van der Waals surface area (Å²) in [6, 6.07) is 4.09. The fourth-order valence-corrected chi connectivity index (χ4v) is 3.67. The third-order valence-electron chi connectivity index (χ3n) is 4.67. The Morgan fingerprint density at radius 1 is 1.30 bits per heavy atom. The minimum absolute atomic E-state index is 0.437. The van der Waals surface area contributed by atoms with Crippen LogP contribution in [0.1, 0.15) is 38.5 Å². The third kappa shape index (κ3) is 3.53. The number of aromatic nitrogens is 3. The first-order valence-corrected chi connectivity index (χ1v) is 9.36. The van der Waals surface area contributed by atoms with Crippen molar-refractivity contribution in [3.8, 4) is 5.75 Å². The number of nitrogens with zero attached hydrogens (tertiary/aromatic N) is 3. The van der Waals surface area contributed by atoms with E-state index in [9.17, 15) is 0 Å². The molecule has 0 bridgehead atoms. The molecule has 124 valence electrons. The highest BCUT2D eigenvalue weighted by atomic mass is 79.9. The van der Waals surface area contributed by atoms with Crippen LogP contribution in [0, 0.1) is 5.92 Å². The summed E-state index contributed by atoms with van der Waals surface area (Å²) in [6.07, 6.45) is 7.56. The summed E-state index contributed by atoms with van der Waals surface area (Å²) >= 11 is 3.63. The molecule has 1 saturated heterocycles. The fourth-order valence-electron chi connectivity index (χ4n) is 3.14. The van der Waals surface area contributed by atoms with E-state index in [4.69, 9.17) is 9.47 Å². The molecule has 1 aliphatic heterocycles. The molecule has 6 heteroatoms. The van der Waals surface area contributed by atoms with Crippen LogP contribution in [-0.4, -0.2) is 34.3 Å². The summed E-state index contributed by atoms with van der Waals surface area (Å²) in [5, 5.41) is 8.61. The van der Waals surface area contributed by atoms with Crippen LogP contribution in [0.25, 0.3) is 11.0 Å². The van der Waals surface area contributed by atoms with E-state index >= 15 is 0 Å². The molecule has 1 aliphatic carbocycles. The van der Waals surface area contributed by atoms with Crippen LogP contribution < -0.4 is 4.74 Å². The quantitative estimate of drug-likeness (QED) is 0.683. The Hall–Kier alpha value is -1.14. The maximum Gasteiger partial charge on any atom is 0.135 e. The zero-order chi connectivity index (χ0) is 15.6. The molecule has 0 spiro atoms. The van der Waals surface area contributed by atoms with E-state index in [2.05, 4.69) is 32.3 Å². The largest absolute Gasteiger partial charge is 0.492 e. The first-order valence-electron chi connectivity index (χ1n) is 8.57. The Kier molecular flexibility index (Phi) is 4.53. The lowest BCUT2D eigenvalue weighted by atomic mass is 10.1. The van der Waals surface area contributed by atoms with E-state index in [-0.39, 0.29) is 0 Å². The molecule has 0 unspecified atom stereocenters. The van der Waals surface area contributed by atoms with Gasteiger partial charge < -0.3 is 9.47 Å². The molecule has 1 aromatic heterocycles. The second-order valence-electron chi connectivity index (χ2n) is 6.59. The molecule has 23 heavy (non-hydrogen) atoms. The molecule has 2 aromatic rings. The van der Waals surface area contributed by atoms with Crippen LogP contribution in [0.5, 0.6) is 5.75 Å². The van der Waals surface area contributed by atoms with Crippen LogP contribution in [-0.2, 0) is 11.3 Å². The monoisotopic (exact) mass is 379 g/mol. The van der Waals surface area contributed by atoms with Crippen molar-refractivity contribution in [1.82, 2.24) is 15.0 Å². The van der Waals surface area contributed by atoms with Gasteiger partial charge in [-0.05, 0) is 72.5 Å². The lowest BCUT2D eigenvalue weighted by Crippen LogP contribution is -2.07. The molecule has 0 N–H and O–H groups in total. The maximum atomic E-state index is 5.93. The molecular weight excluding hydrogens is 358 g/mol. The normalized spacial score (nSPS) is 21.2. The number of hydrogen-bond donors (Lipinski definition) is 0. The summed E-state index contributed by atoms with van der Waals surface area (Å²) in [5.74, 6) is 1.63. The number of hydrogen-bond acceptors (Lipinski definition) is 4. The van der Waals surface area contributed by atoms with Crippen molar-refractivity contribution in [1.29, 1.82) is 0 Å². The predicted molar refractivity (Wildman–Crippen MR) is 91.7 cm³/mol. The highest BCUT2D eigenvalue weighted by molar-refractivity contribution is 9.10. The van der Waals surface area contributed by atoms with Crippen molar-refractivity contribution < 1.29 is 9.47 Å². The van der Waals surface area contributed by atoms with E-state index in [0.717, 1.165) is 53.2 Å². The van der Waals surface area contributed by atoms with Crippen molar-refractivity contribution in [2.75, 3.05) is 13.2 Å². The van der Waals surface area contributed by atoms with Gasteiger partial charge in [-0.25, -0.2) is 4.68 Å². The van der Waals surface area contributed by atoms with Gasteiger partial charge in [-0.1, -0.05) is 5.21 Å². The number of benzene rings is 1. The predicted octanol–water partition coefficient (Wildman–Crippen LogP) is 3.94. The zero-order valence-corrected chi connectivity index (χ0v) is 14.8. The maximum absolute atomic E-state index is 5.93. The van der Waals surface area contributed by atoms with Crippen molar-refractivity contribution in [2.45, 2.75) is 51.2 Å². The van der Waals surface area contributed by atoms with Gasteiger partial charge in [0.2, 0.25) is 0 Å². The molecule has 2 fully saturated rings. The Morgan fingerprint density at radius 3 is 3.00 bits per heavy atom. The fraction of sp³-hybridized carbons (Fsp3) is 0.647. The minimum atomic E-state index is 0.437. The summed E-state index contributed by atoms with van der Waals surface area (Å²) in [4.78, 5) is 0. The van der Waals surface area contributed by atoms with Crippen molar-refractivity contribution >= 4 is 27.0 Å². The molecule has 1 atom stereocenters. The highest BCUT2D eigenvalue weighted by Crippen LogP contribution is 2.35. The first-order chi connectivity index (χ1) is 11.3. The van der Waals surface area contributed by atoms with Gasteiger partial charge in [-0.15, -0.1) is 5.10 Å². The van der Waals surface area contributed by atoms with Crippen molar-refractivity contribution in [3.05, 3.63) is 16.6 Å². The lowest BCUT2D eigenvalue weighted by Gasteiger charge is -2.11. The van der Waals surface area contributed by atoms with Gasteiger partial charge in [0, 0.05) is 13.2 Å². The van der Waals surface area contributed by atoms with E-state index in [0.29, 0.717) is 12.7 Å². The van der Waals surface area contributed by atoms with Crippen LogP contribution in [0.2, 0.25) is 0 Å². The van der Waals surface area contributed by atoms with Crippen molar-refractivity contribution in [2.24, 2.45) is 5.92 Å². The summed E-state index contributed by atoms with van der Waals surface area (Å²) in [6.45, 7) is 2.61. The first kappa shape index (κ1) is 15.4. The lowest BCUT2D eigenvalue weighted by molar-refractivity contribution is 0.0981. The minimum Gasteiger partial charge on any atom is -0.492 e. The second kappa shape index (κ2) is 6.77. The van der Waals surface area contributed by atoms with Gasteiger partial charge in [0.05, 0.1) is 22.7 Å². The van der Waals surface area contributed by atoms with E-state index in [1.165, 1.54) is 25.7 Å². The molecule has 1 saturated carbocycles. The van der Waals surface area contributed by atoms with E-state index in [1.54, 1.807) is 0 Å². The topological polar surface area (TPSA) is 49.2 Å². The molecule has 5 nitrogen and oxygen atoms in total. The zero-order valence-electron chi connectivity index (χ0n) is 13.2. The van der Waals surface area contributed by atoms with Gasteiger partial charge in [0.15, 0.2) is 0 Å². The Morgan fingerprint density at radius 2 is 2.22 bits per heavy atom. The SMILES string of the molecule is Brc1c(OCCC[C@@H]2CCCO2)ccc2c1nnn2CC1CC1. The van der Waals surface area contributed by atoms with Crippen molar-refractivity contribution in [3.63, 3.8) is 0 Å². The number of fused-ring (bicyclic) bond motifs is 1. The summed E-state index contributed by atoms with van der Waals surface area (Å²) in [5.41, 5.74) is 1.97. The Bertz CT molecular complexity index is 678. The molecule has 1 aromatic carbocycles. The molecular formula is C17H22BrN3O2. The summed E-state index contributed by atoms with van der Waals surface area (Å²) in [7, 11) is 0. The molecule has 0 radical (unpaired) electrons. The Labute approximate surface area is 144 Å². The third-order valence-corrected chi connectivity index (χ3v) is 5.44. The highest BCUT2D eigenvalue weighted by Gasteiger charge is 2.23. The van der Waals surface area contributed by atoms with Crippen LogP contribution in [0.4, 0.5) is 0 Å². The number of ether oxygens (including phenoxy) is 2. The Balaban J connectivity index is 1.38. The van der Waals surface area contributed by atoms with Gasteiger partial charge in [0.25, 0.3) is 0 Å². The molecule has 4 rings (SSSR count). The van der Waals surface area contributed by atoms with Gasteiger partial charge in [0.1, 0.15) is 11.3 Å². The van der Waals surface area contributed by atoms with Gasteiger partial charge >= 0.3 is 0 Å².